The largest absolute Gasteiger partial charge is 0.455 e. The molecule has 0 fully saturated rings. The number of hydrogen-bond acceptors (Lipinski definition) is 2. The molecule has 0 radical (unpaired) electrons. The third-order valence-electron chi connectivity index (χ3n) is 10.2. The molecule has 10 aromatic rings. The second kappa shape index (κ2) is 12.5. The lowest BCUT2D eigenvalue weighted by Gasteiger charge is -2.29. The van der Waals surface area contributed by atoms with Crippen LogP contribution in [0.4, 0.5) is 17.1 Å². The fourth-order valence-corrected chi connectivity index (χ4v) is 7.81. The summed E-state index contributed by atoms with van der Waals surface area (Å²) >= 11 is 0. The molecule has 0 amide bonds. The first-order valence-electron chi connectivity index (χ1n) is 17.8. The minimum absolute atomic E-state index is 0.857. The lowest BCUT2D eigenvalue weighted by Crippen LogP contribution is -2.11. The zero-order valence-electron chi connectivity index (χ0n) is 28.4. The van der Waals surface area contributed by atoms with Crippen molar-refractivity contribution in [2.24, 2.45) is 0 Å². The summed E-state index contributed by atoms with van der Waals surface area (Å²) < 4.78 is 6.87. The van der Waals surface area contributed by atoms with Crippen molar-refractivity contribution >= 4 is 60.5 Å². The maximum absolute atomic E-state index is 6.87. The molecule has 0 aliphatic rings. The first-order valence-corrected chi connectivity index (χ1v) is 17.8. The summed E-state index contributed by atoms with van der Waals surface area (Å²) in [6, 6.07) is 71.6. The number of hydrogen-bond donors (Lipinski definition) is 0. The lowest BCUT2D eigenvalue weighted by atomic mass is 9.93. The van der Waals surface area contributed by atoms with Gasteiger partial charge in [0.15, 0.2) is 0 Å². The smallest absolute Gasteiger partial charge is 0.143 e. The molecule has 0 saturated carbocycles. The Morgan fingerprint density at radius 1 is 0.346 bits per heavy atom. The molecule has 52 heavy (non-hydrogen) atoms. The summed E-state index contributed by atoms with van der Waals surface area (Å²) in [7, 11) is 0. The topological polar surface area (TPSA) is 16.4 Å². The zero-order chi connectivity index (χ0) is 34.4. The number of benzene rings is 9. The van der Waals surface area contributed by atoms with Gasteiger partial charge in [-0.25, -0.2) is 0 Å². The number of furan rings is 1. The quantitative estimate of drug-likeness (QED) is 0.176. The molecule has 1 heterocycles. The predicted octanol–water partition coefficient (Wildman–Crippen LogP) is 14.4. The molecular formula is C50H33NO. The minimum Gasteiger partial charge on any atom is -0.455 e. The molecule has 0 spiro atoms. The first-order chi connectivity index (χ1) is 25.8. The summed E-state index contributed by atoms with van der Waals surface area (Å²) in [5.41, 5.74) is 12.1. The van der Waals surface area contributed by atoms with E-state index in [1.807, 2.05) is 0 Å². The molecule has 0 aliphatic carbocycles. The van der Waals surface area contributed by atoms with Crippen molar-refractivity contribution in [2.75, 3.05) is 4.90 Å². The van der Waals surface area contributed by atoms with Gasteiger partial charge in [-0.05, 0) is 86.4 Å². The molecule has 0 aliphatic heterocycles. The van der Waals surface area contributed by atoms with E-state index in [1.165, 1.54) is 44.0 Å². The van der Waals surface area contributed by atoms with Gasteiger partial charge < -0.3 is 9.32 Å². The van der Waals surface area contributed by atoms with Crippen LogP contribution >= 0.6 is 0 Å². The Labute approximate surface area is 302 Å². The maximum Gasteiger partial charge on any atom is 0.143 e. The van der Waals surface area contributed by atoms with Crippen molar-refractivity contribution < 1.29 is 4.42 Å². The molecule has 244 valence electrons. The molecule has 2 heteroatoms. The van der Waals surface area contributed by atoms with Crippen LogP contribution < -0.4 is 4.90 Å². The van der Waals surface area contributed by atoms with E-state index in [4.69, 9.17) is 4.42 Å². The number of nitrogens with zero attached hydrogens (tertiary/aromatic N) is 1. The van der Waals surface area contributed by atoms with Gasteiger partial charge in [0, 0.05) is 22.0 Å². The molecular weight excluding hydrogens is 631 g/mol. The highest BCUT2D eigenvalue weighted by atomic mass is 16.3. The van der Waals surface area contributed by atoms with E-state index in [2.05, 4.69) is 205 Å². The van der Waals surface area contributed by atoms with E-state index in [-0.39, 0.29) is 0 Å². The van der Waals surface area contributed by atoms with Crippen LogP contribution in [0.1, 0.15) is 0 Å². The number of para-hydroxylation sites is 1. The van der Waals surface area contributed by atoms with Gasteiger partial charge in [0.25, 0.3) is 0 Å². The Morgan fingerprint density at radius 2 is 0.981 bits per heavy atom. The monoisotopic (exact) mass is 663 g/mol. The van der Waals surface area contributed by atoms with Crippen molar-refractivity contribution in [1.82, 2.24) is 0 Å². The lowest BCUT2D eigenvalue weighted by molar-refractivity contribution is 0.672. The summed E-state index contributed by atoms with van der Waals surface area (Å²) in [6.45, 7) is 0. The number of rotatable bonds is 6. The van der Waals surface area contributed by atoms with Crippen molar-refractivity contribution in [3.8, 4) is 33.4 Å². The SMILES string of the molecule is c1ccc(-c2cccc(-c3cc4c(oc5cccc(N(c6ccc7ccccc7c6)c6ccccc6-c6ccccc6)c54)c4ccccc34)c2)cc1. The molecule has 0 unspecified atom stereocenters. The van der Waals surface area contributed by atoms with E-state index in [9.17, 15) is 0 Å². The van der Waals surface area contributed by atoms with Crippen molar-refractivity contribution in [3.63, 3.8) is 0 Å². The summed E-state index contributed by atoms with van der Waals surface area (Å²) in [6.07, 6.45) is 0. The number of anilines is 3. The van der Waals surface area contributed by atoms with E-state index in [1.54, 1.807) is 0 Å². The highest BCUT2D eigenvalue weighted by molar-refractivity contribution is 6.22. The first kappa shape index (κ1) is 30.0. The van der Waals surface area contributed by atoms with Gasteiger partial charge in [-0.15, -0.1) is 0 Å². The van der Waals surface area contributed by atoms with Gasteiger partial charge in [-0.2, -0.15) is 0 Å². The Hall–Kier alpha value is -6.90. The predicted molar refractivity (Wildman–Crippen MR) is 220 cm³/mol. The highest BCUT2D eigenvalue weighted by Gasteiger charge is 2.23. The fourth-order valence-electron chi connectivity index (χ4n) is 7.81. The van der Waals surface area contributed by atoms with Gasteiger partial charge in [-0.1, -0.05) is 158 Å². The summed E-state index contributed by atoms with van der Waals surface area (Å²) in [5, 5.41) is 6.85. The third kappa shape index (κ3) is 5.04. The zero-order valence-corrected chi connectivity index (χ0v) is 28.4. The molecule has 2 nitrogen and oxygen atoms in total. The molecule has 0 bridgehead atoms. The van der Waals surface area contributed by atoms with Gasteiger partial charge in [0.1, 0.15) is 11.2 Å². The van der Waals surface area contributed by atoms with E-state index in [0.717, 1.165) is 50.0 Å². The van der Waals surface area contributed by atoms with Gasteiger partial charge in [0.2, 0.25) is 0 Å². The van der Waals surface area contributed by atoms with E-state index >= 15 is 0 Å². The Kier molecular flexibility index (Phi) is 7.18. The van der Waals surface area contributed by atoms with Crippen molar-refractivity contribution in [3.05, 3.63) is 200 Å². The van der Waals surface area contributed by atoms with Crippen LogP contribution in [0.25, 0.3) is 76.9 Å². The molecule has 0 N–H and O–H groups in total. The molecule has 0 atom stereocenters. The van der Waals surface area contributed by atoms with Crippen molar-refractivity contribution in [2.45, 2.75) is 0 Å². The highest BCUT2D eigenvalue weighted by Crippen LogP contribution is 2.48. The van der Waals surface area contributed by atoms with Crippen molar-refractivity contribution in [1.29, 1.82) is 0 Å². The Bertz CT molecular complexity index is 2910. The molecule has 10 rings (SSSR count). The Balaban J connectivity index is 1.27. The van der Waals surface area contributed by atoms with E-state index in [0.29, 0.717) is 0 Å². The van der Waals surface area contributed by atoms with Gasteiger partial charge in [0.05, 0.1) is 16.8 Å². The Morgan fingerprint density at radius 3 is 1.83 bits per heavy atom. The number of fused-ring (bicyclic) bond motifs is 6. The standard InChI is InChI=1S/C50H33NO/c1-3-15-34(16-4-1)37-21-13-22-39(31-37)44-33-45-49-47(27-14-28-48(49)52-50(45)43-25-10-9-24-42(43)44)51(40-30-29-35-17-7-8-20-38(35)32-40)46-26-12-11-23-41(46)36-18-5-2-6-19-36/h1-33H. The molecule has 0 saturated heterocycles. The van der Waals surface area contributed by atoms with Crippen LogP contribution in [0, 0.1) is 0 Å². The average molecular weight is 664 g/mol. The van der Waals surface area contributed by atoms with Crippen LogP contribution in [0.5, 0.6) is 0 Å². The van der Waals surface area contributed by atoms with Crippen LogP contribution in [0.15, 0.2) is 205 Å². The molecule has 9 aromatic carbocycles. The summed E-state index contributed by atoms with van der Waals surface area (Å²) in [4.78, 5) is 2.41. The maximum atomic E-state index is 6.87. The second-order valence-corrected chi connectivity index (χ2v) is 13.3. The fraction of sp³-hybridized carbons (Fsp3) is 0. The van der Waals surface area contributed by atoms with Gasteiger partial charge >= 0.3 is 0 Å². The second-order valence-electron chi connectivity index (χ2n) is 13.3. The van der Waals surface area contributed by atoms with Gasteiger partial charge in [-0.3, -0.25) is 0 Å². The minimum atomic E-state index is 0.857. The van der Waals surface area contributed by atoms with Crippen LogP contribution in [0.2, 0.25) is 0 Å². The normalized spacial score (nSPS) is 11.5. The van der Waals surface area contributed by atoms with E-state index < -0.39 is 0 Å². The van der Waals surface area contributed by atoms with Crippen LogP contribution in [-0.2, 0) is 0 Å². The molecule has 1 aromatic heterocycles. The third-order valence-corrected chi connectivity index (χ3v) is 10.2. The summed E-state index contributed by atoms with van der Waals surface area (Å²) in [5.74, 6) is 0. The van der Waals surface area contributed by atoms with Crippen LogP contribution in [-0.4, -0.2) is 0 Å². The van der Waals surface area contributed by atoms with Crippen LogP contribution in [0.3, 0.4) is 0 Å². The average Bonchev–Trinajstić information content (AvgIpc) is 3.61.